The van der Waals surface area contributed by atoms with Crippen LogP contribution in [-0.4, -0.2) is 17.0 Å². The van der Waals surface area contributed by atoms with Gasteiger partial charge in [0, 0.05) is 6.07 Å². The van der Waals surface area contributed by atoms with Crippen molar-refractivity contribution in [3.63, 3.8) is 0 Å². The third-order valence-corrected chi connectivity index (χ3v) is 5.61. The number of carboxylic acid groups (broad SMARTS) is 1. The number of carboxylic acids is 1. The molecule has 0 spiro atoms. The summed E-state index contributed by atoms with van der Waals surface area (Å²) in [6.07, 6.45) is 8.80. The molecule has 0 saturated heterocycles. The lowest BCUT2D eigenvalue weighted by Gasteiger charge is -2.08. The highest BCUT2D eigenvalue weighted by Crippen LogP contribution is 2.23. The lowest BCUT2D eigenvalue weighted by Crippen LogP contribution is -2.09. The zero-order chi connectivity index (χ0) is 23.6. The molecule has 1 N–H and O–H groups in total. The molecule has 172 valence electrons. The second-order valence-electron chi connectivity index (χ2n) is 8.13. The molecule has 3 rings (SSSR count). The van der Waals surface area contributed by atoms with Crippen molar-refractivity contribution in [2.24, 2.45) is 0 Å². The SMILES string of the molecule is CCCCCCCCc1ccc(-c2ccc(C(=O)Oc3ccc(C(=O)O)c(F)c3)cc2)cc1. The maximum absolute atomic E-state index is 13.8. The van der Waals surface area contributed by atoms with E-state index in [0.29, 0.717) is 5.56 Å². The number of benzene rings is 3. The number of aryl methyl sites for hydroxylation is 1. The van der Waals surface area contributed by atoms with E-state index in [4.69, 9.17) is 9.84 Å². The summed E-state index contributed by atoms with van der Waals surface area (Å²) in [4.78, 5) is 23.2. The molecular formula is C28H29FO4. The van der Waals surface area contributed by atoms with E-state index in [-0.39, 0.29) is 5.75 Å². The van der Waals surface area contributed by atoms with Crippen molar-refractivity contribution < 1.29 is 23.8 Å². The van der Waals surface area contributed by atoms with Crippen LogP contribution in [0.5, 0.6) is 5.75 Å². The van der Waals surface area contributed by atoms with E-state index >= 15 is 0 Å². The maximum Gasteiger partial charge on any atom is 0.343 e. The second-order valence-corrected chi connectivity index (χ2v) is 8.13. The number of carbonyl (C=O) groups is 2. The van der Waals surface area contributed by atoms with Crippen LogP contribution in [0.15, 0.2) is 66.7 Å². The second kappa shape index (κ2) is 12.0. The lowest BCUT2D eigenvalue weighted by molar-refractivity contribution is 0.0691. The minimum Gasteiger partial charge on any atom is -0.478 e. The van der Waals surface area contributed by atoms with Gasteiger partial charge in [0.05, 0.1) is 11.1 Å². The van der Waals surface area contributed by atoms with Crippen molar-refractivity contribution in [3.05, 3.63) is 89.2 Å². The Balaban J connectivity index is 1.55. The predicted molar refractivity (Wildman–Crippen MR) is 127 cm³/mol. The number of ether oxygens (including phenoxy) is 1. The van der Waals surface area contributed by atoms with E-state index in [1.165, 1.54) is 50.2 Å². The first-order valence-corrected chi connectivity index (χ1v) is 11.4. The molecule has 33 heavy (non-hydrogen) atoms. The Kier molecular flexibility index (Phi) is 8.76. The Hall–Kier alpha value is -3.47. The van der Waals surface area contributed by atoms with Crippen molar-refractivity contribution >= 4 is 11.9 Å². The standard InChI is InChI=1S/C28H29FO4/c1-2-3-4-5-6-7-8-20-9-11-21(12-10-20)22-13-15-23(16-14-22)28(32)33-24-17-18-25(27(30)31)26(29)19-24/h9-19H,2-8H2,1H3,(H,30,31). The molecule has 5 heteroatoms. The maximum atomic E-state index is 13.8. The number of aromatic carboxylic acids is 1. The zero-order valence-electron chi connectivity index (χ0n) is 18.9. The van der Waals surface area contributed by atoms with E-state index in [1.807, 2.05) is 12.1 Å². The van der Waals surface area contributed by atoms with E-state index < -0.39 is 23.3 Å². The third-order valence-electron chi connectivity index (χ3n) is 5.61. The van der Waals surface area contributed by atoms with Crippen LogP contribution in [0.1, 0.15) is 71.7 Å². The first-order valence-electron chi connectivity index (χ1n) is 11.4. The molecule has 0 atom stereocenters. The molecule has 0 saturated carbocycles. The van der Waals surface area contributed by atoms with Crippen LogP contribution in [0.3, 0.4) is 0 Å². The van der Waals surface area contributed by atoms with Crippen LogP contribution in [0.2, 0.25) is 0 Å². The highest BCUT2D eigenvalue weighted by molar-refractivity contribution is 5.92. The summed E-state index contributed by atoms with van der Waals surface area (Å²) in [6.45, 7) is 2.23. The number of unbranched alkanes of at least 4 members (excludes halogenated alkanes) is 5. The van der Waals surface area contributed by atoms with Crippen molar-refractivity contribution in [1.29, 1.82) is 0 Å². The van der Waals surface area contributed by atoms with Gasteiger partial charge in [0.2, 0.25) is 0 Å². The van der Waals surface area contributed by atoms with Gasteiger partial charge in [0.15, 0.2) is 0 Å². The molecule has 0 unspecified atom stereocenters. The minimum atomic E-state index is -1.38. The number of rotatable bonds is 11. The van der Waals surface area contributed by atoms with Gasteiger partial charge in [-0.3, -0.25) is 0 Å². The molecule has 0 radical (unpaired) electrons. The Bertz CT molecular complexity index is 1070. The largest absolute Gasteiger partial charge is 0.478 e. The summed E-state index contributed by atoms with van der Waals surface area (Å²) in [5, 5.41) is 8.88. The summed E-state index contributed by atoms with van der Waals surface area (Å²) < 4.78 is 19.0. The Morgan fingerprint density at radius 3 is 2.03 bits per heavy atom. The van der Waals surface area contributed by atoms with Crippen LogP contribution in [-0.2, 0) is 6.42 Å². The summed E-state index contributed by atoms with van der Waals surface area (Å²) >= 11 is 0. The molecular weight excluding hydrogens is 419 g/mol. The van der Waals surface area contributed by atoms with Gasteiger partial charge in [-0.15, -0.1) is 0 Å². The van der Waals surface area contributed by atoms with Gasteiger partial charge in [-0.25, -0.2) is 14.0 Å². The molecule has 0 fully saturated rings. The van der Waals surface area contributed by atoms with E-state index in [9.17, 15) is 14.0 Å². The van der Waals surface area contributed by atoms with Crippen LogP contribution in [0.4, 0.5) is 4.39 Å². The topological polar surface area (TPSA) is 63.6 Å². The average Bonchev–Trinajstić information content (AvgIpc) is 2.81. The molecule has 0 aromatic heterocycles. The van der Waals surface area contributed by atoms with Gasteiger partial charge in [0.1, 0.15) is 11.6 Å². The molecule has 0 aliphatic carbocycles. The monoisotopic (exact) mass is 448 g/mol. The number of hydrogen-bond donors (Lipinski definition) is 1. The summed E-state index contributed by atoms with van der Waals surface area (Å²) in [5.74, 6) is -3.02. The third kappa shape index (κ3) is 7.01. The molecule has 0 aliphatic rings. The van der Waals surface area contributed by atoms with Gasteiger partial charge in [-0.1, -0.05) is 75.4 Å². The lowest BCUT2D eigenvalue weighted by atomic mass is 10.00. The number of hydrogen-bond acceptors (Lipinski definition) is 3. The van der Waals surface area contributed by atoms with Gasteiger partial charge in [-0.2, -0.15) is 0 Å². The molecule has 0 amide bonds. The van der Waals surface area contributed by atoms with Crippen LogP contribution >= 0.6 is 0 Å². The van der Waals surface area contributed by atoms with E-state index in [1.54, 1.807) is 12.1 Å². The molecule has 4 nitrogen and oxygen atoms in total. The first kappa shape index (κ1) is 24.2. The quantitative estimate of drug-likeness (QED) is 0.190. The van der Waals surface area contributed by atoms with Crippen LogP contribution < -0.4 is 4.74 Å². The average molecular weight is 449 g/mol. The summed E-state index contributed by atoms with van der Waals surface area (Å²) in [5.41, 5.74) is 3.22. The Morgan fingerprint density at radius 2 is 1.42 bits per heavy atom. The minimum absolute atomic E-state index is 0.0486. The normalized spacial score (nSPS) is 10.7. The van der Waals surface area contributed by atoms with Crippen molar-refractivity contribution in [2.75, 3.05) is 0 Å². The Labute approximate surface area is 194 Å². The molecule has 0 aliphatic heterocycles. The molecule has 0 bridgehead atoms. The summed E-state index contributed by atoms with van der Waals surface area (Å²) in [7, 11) is 0. The molecule has 3 aromatic rings. The van der Waals surface area contributed by atoms with E-state index in [0.717, 1.165) is 29.7 Å². The number of carbonyl (C=O) groups excluding carboxylic acids is 1. The van der Waals surface area contributed by atoms with Crippen LogP contribution in [0.25, 0.3) is 11.1 Å². The Morgan fingerprint density at radius 1 is 0.818 bits per heavy atom. The van der Waals surface area contributed by atoms with Gasteiger partial charge in [-0.05, 0) is 53.8 Å². The van der Waals surface area contributed by atoms with Crippen LogP contribution in [0, 0.1) is 5.82 Å². The van der Waals surface area contributed by atoms with Crippen molar-refractivity contribution in [3.8, 4) is 16.9 Å². The first-order chi connectivity index (χ1) is 16.0. The number of esters is 1. The summed E-state index contributed by atoms with van der Waals surface area (Å²) in [6, 6.07) is 18.7. The van der Waals surface area contributed by atoms with Gasteiger partial charge in [0.25, 0.3) is 0 Å². The fourth-order valence-electron chi connectivity index (χ4n) is 3.67. The van der Waals surface area contributed by atoms with Crippen molar-refractivity contribution in [1.82, 2.24) is 0 Å². The van der Waals surface area contributed by atoms with Gasteiger partial charge < -0.3 is 9.84 Å². The highest BCUT2D eigenvalue weighted by atomic mass is 19.1. The predicted octanol–water partition coefficient (Wildman–Crippen LogP) is 7.31. The van der Waals surface area contributed by atoms with E-state index in [2.05, 4.69) is 31.2 Å². The van der Waals surface area contributed by atoms with Gasteiger partial charge >= 0.3 is 11.9 Å². The fraction of sp³-hybridized carbons (Fsp3) is 0.286. The highest BCUT2D eigenvalue weighted by Gasteiger charge is 2.14. The molecule has 3 aromatic carbocycles. The zero-order valence-corrected chi connectivity index (χ0v) is 18.9. The number of halogens is 1. The van der Waals surface area contributed by atoms with Crippen molar-refractivity contribution in [2.45, 2.75) is 51.9 Å². The smallest absolute Gasteiger partial charge is 0.343 e. The molecule has 0 heterocycles. The fourth-order valence-corrected chi connectivity index (χ4v) is 3.67.